The first kappa shape index (κ1) is 23.1. The Morgan fingerprint density at radius 3 is 1.64 bits per heavy atom. The Balaban J connectivity index is 1.91. The molecule has 0 fully saturated rings. The number of para-hydroxylation sites is 1. The van der Waals surface area contributed by atoms with Crippen molar-refractivity contribution in [1.29, 1.82) is 0 Å². The van der Waals surface area contributed by atoms with Gasteiger partial charge in [0.2, 0.25) is 12.2 Å². The Kier molecular flexibility index (Phi) is 7.48. The fraction of sp³-hybridized carbons (Fsp3) is 0.0833. The summed E-state index contributed by atoms with van der Waals surface area (Å²) in [7, 11) is 0. The number of hydrogen-bond acceptors (Lipinski definition) is 6. The number of carbonyl (C=O) groups is 4. The van der Waals surface area contributed by atoms with E-state index in [0.29, 0.717) is 0 Å². The van der Waals surface area contributed by atoms with Gasteiger partial charge >= 0.3 is 17.9 Å². The van der Waals surface area contributed by atoms with Crippen LogP contribution in [0.4, 0.5) is 10.1 Å². The molecule has 0 aliphatic rings. The van der Waals surface area contributed by atoms with Crippen molar-refractivity contribution in [3.05, 3.63) is 102 Å². The molecule has 3 rings (SSSR count). The molecule has 2 atom stereocenters. The van der Waals surface area contributed by atoms with E-state index in [-0.39, 0.29) is 16.8 Å². The van der Waals surface area contributed by atoms with E-state index >= 15 is 0 Å². The van der Waals surface area contributed by atoms with E-state index in [1.807, 2.05) is 0 Å². The molecule has 2 N–H and O–H groups in total. The Bertz CT molecular complexity index is 1150. The molecule has 9 heteroatoms. The summed E-state index contributed by atoms with van der Waals surface area (Å²) in [5, 5.41) is 11.8. The number of halogens is 1. The zero-order valence-corrected chi connectivity index (χ0v) is 17.0. The largest absolute Gasteiger partial charge is 0.478 e. The van der Waals surface area contributed by atoms with Gasteiger partial charge in [-0.1, -0.05) is 48.5 Å². The van der Waals surface area contributed by atoms with Crippen molar-refractivity contribution >= 4 is 29.5 Å². The van der Waals surface area contributed by atoms with Gasteiger partial charge in [0.05, 0.1) is 16.8 Å². The highest BCUT2D eigenvalue weighted by Crippen LogP contribution is 2.17. The number of anilines is 1. The first-order valence-electron chi connectivity index (χ1n) is 9.67. The highest BCUT2D eigenvalue weighted by Gasteiger charge is 2.41. The number of ether oxygens (including phenoxy) is 2. The maximum absolute atomic E-state index is 14.0. The zero-order valence-electron chi connectivity index (χ0n) is 17.0. The van der Waals surface area contributed by atoms with Gasteiger partial charge in [-0.25, -0.2) is 18.8 Å². The average Bonchev–Trinajstić information content (AvgIpc) is 2.83. The van der Waals surface area contributed by atoms with Crippen LogP contribution in [0.3, 0.4) is 0 Å². The van der Waals surface area contributed by atoms with Gasteiger partial charge in [-0.05, 0) is 36.4 Å². The molecule has 0 saturated carbocycles. The fourth-order valence-corrected chi connectivity index (χ4v) is 2.78. The third-order valence-corrected chi connectivity index (χ3v) is 4.40. The first-order valence-corrected chi connectivity index (χ1v) is 9.67. The summed E-state index contributed by atoms with van der Waals surface area (Å²) in [4.78, 5) is 49.8. The van der Waals surface area contributed by atoms with Crippen molar-refractivity contribution in [3.8, 4) is 0 Å². The standard InChI is InChI=1S/C24H18FNO7/c25-17-13-7-8-14-18(17)26-21(27)19(32-23(30)15-9-3-1-4-10-15)20(22(28)29)33-24(31)16-11-5-2-6-12-16/h1-14,19-20H,(H,26,27)(H,28,29). The number of esters is 2. The molecule has 0 radical (unpaired) electrons. The van der Waals surface area contributed by atoms with Gasteiger partial charge in [0.1, 0.15) is 5.82 Å². The Morgan fingerprint density at radius 2 is 1.15 bits per heavy atom. The zero-order chi connectivity index (χ0) is 23.8. The van der Waals surface area contributed by atoms with Crippen molar-refractivity contribution in [3.63, 3.8) is 0 Å². The second-order valence-electron chi connectivity index (χ2n) is 6.69. The van der Waals surface area contributed by atoms with Crippen LogP contribution in [0.15, 0.2) is 84.9 Å². The number of carboxylic acid groups (broad SMARTS) is 1. The Morgan fingerprint density at radius 1 is 0.697 bits per heavy atom. The number of hydrogen-bond donors (Lipinski definition) is 2. The summed E-state index contributed by atoms with van der Waals surface area (Å²) >= 11 is 0. The quantitative estimate of drug-likeness (QED) is 0.505. The predicted octanol–water partition coefficient (Wildman–Crippen LogP) is 3.30. The van der Waals surface area contributed by atoms with Crippen LogP contribution in [0.2, 0.25) is 0 Å². The Hall–Kier alpha value is -4.53. The molecule has 0 spiro atoms. The topological polar surface area (TPSA) is 119 Å². The minimum absolute atomic E-state index is 0.0198. The number of rotatable bonds is 8. The van der Waals surface area contributed by atoms with Crippen molar-refractivity contribution in [2.24, 2.45) is 0 Å². The van der Waals surface area contributed by atoms with Crippen LogP contribution in [-0.2, 0) is 19.1 Å². The average molecular weight is 451 g/mol. The van der Waals surface area contributed by atoms with E-state index in [0.717, 1.165) is 6.07 Å². The second-order valence-corrected chi connectivity index (χ2v) is 6.69. The van der Waals surface area contributed by atoms with Crippen LogP contribution in [0, 0.1) is 5.82 Å². The molecule has 33 heavy (non-hydrogen) atoms. The lowest BCUT2D eigenvalue weighted by atomic mass is 10.1. The normalized spacial score (nSPS) is 12.2. The third-order valence-electron chi connectivity index (χ3n) is 4.40. The summed E-state index contributed by atoms with van der Waals surface area (Å²) in [6.45, 7) is 0. The molecule has 3 aromatic carbocycles. The summed E-state index contributed by atoms with van der Waals surface area (Å²) in [5.74, 6) is -5.83. The lowest BCUT2D eigenvalue weighted by Crippen LogP contribution is -2.48. The molecular formula is C24H18FNO7. The van der Waals surface area contributed by atoms with Crippen LogP contribution in [-0.4, -0.2) is 41.1 Å². The van der Waals surface area contributed by atoms with Gasteiger partial charge in [-0.2, -0.15) is 0 Å². The molecule has 0 heterocycles. The lowest BCUT2D eigenvalue weighted by Gasteiger charge is -2.23. The van der Waals surface area contributed by atoms with Crippen LogP contribution in [0.5, 0.6) is 0 Å². The number of benzene rings is 3. The highest BCUT2D eigenvalue weighted by atomic mass is 19.1. The van der Waals surface area contributed by atoms with E-state index in [1.165, 1.54) is 66.7 Å². The maximum atomic E-state index is 14.0. The molecule has 0 aromatic heterocycles. The predicted molar refractivity (Wildman–Crippen MR) is 114 cm³/mol. The van der Waals surface area contributed by atoms with Crippen molar-refractivity contribution in [2.45, 2.75) is 12.2 Å². The molecule has 0 bridgehead atoms. The van der Waals surface area contributed by atoms with E-state index in [4.69, 9.17) is 9.47 Å². The van der Waals surface area contributed by atoms with Crippen LogP contribution in [0.25, 0.3) is 0 Å². The lowest BCUT2D eigenvalue weighted by molar-refractivity contribution is -0.157. The third kappa shape index (κ3) is 6.01. The van der Waals surface area contributed by atoms with Crippen molar-refractivity contribution in [1.82, 2.24) is 0 Å². The van der Waals surface area contributed by atoms with Gasteiger partial charge in [0, 0.05) is 0 Å². The van der Waals surface area contributed by atoms with Crippen molar-refractivity contribution < 1.29 is 38.1 Å². The van der Waals surface area contributed by atoms with Gasteiger partial charge in [-0.3, -0.25) is 4.79 Å². The summed E-state index contributed by atoms with van der Waals surface area (Å²) < 4.78 is 24.2. The second kappa shape index (κ2) is 10.7. The molecular weight excluding hydrogens is 433 g/mol. The van der Waals surface area contributed by atoms with Gasteiger partial charge in [0.15, 0.2) is 0 Å². The van der Waals surface area contributed by atoms with Gasteiger partial charge in [-0.15, -0.1) is 0 Å². The number of amides is 1. The molecule has 3 aromatic rings. The molecule has 0 aliphatic carbocycles. The molecule has 1 amide bonds. The van der Waals surface area contributed by atoms with Gasteiger partial charge < -0.3 is 19.9 Å². The number of carboxylic acids is 1. The smallest absolute Gasteiger partial charge is 0.349 e. The highest BCUT2D eigenvalue weighted by molar-refractivity contribution is 6.01. The van der Waals surface area contributed by atoms with Crippen LogP contribution < -0.4 is 5.32 Å². The van der Waals surface area contributed by atoms with E-state index in [2.05, 4.69) is 5.32 Å². The molecule has 0 saturated heterocycles. The summed E-state index contributed by atoms with van der Waals surface area (Å²) in [6, 6.07) is 20.1. The number of nitrogens with one attached hydrogen (secondary N) is 1. The molecule has 2 unspecified atom stereocenters. The maximum Gasteiger partial charge on any atom is 0.349 e. The van der Waals surface area contributed by atoms with Crippen LogP contribution >= 0.6 is 0 Å². The van der Waals surface area contributed by atoms with Crippen LogP contribution in [0.1, 0.15) is 20.7 Å². The molecule has 0 aliphatic heterocycles. The SMILES string of the molecule is O=C(OC(C(=O)O)C(OC(=O)c1ccccc1)C(=O)Nc1ccccc1F)c1ccccc1. The minimum Gasteiger partial charge on any atom is -0.478 e. The fourth-order valence-electron chi connectivity index (χ4n) is 2.78. The van der Waals surface area contributed by atoms with Crippen molar-refractivity contribution in [2.75, 3.05) is 5.32 Å². The summed E-state index contributed by atoms with van der Waals surface area (Å²) in [6.07, 6.45) is -4.33. The van der Waals surface area contributed by atoms with E-state index in [1.54, 1.807) is 12.1 Å². The number of aliphatic carboxylic acids is 1. The molecule has 8 nitrogen and oxygen atoms in total. The van der Waals surface area contributed by atoms with E-state index < -0.39 is 41.8 Å². The first-order chi connectivity index (χ1) is 15.9. The monoisotopic (exact) mass is 451 g/mol. The molecule has 168 valence electrons. The summed E-state index contributed by atoms with van der Waals surface area (Å²) in [5.41, 5.74) is -0.229. The number of carbonyl (C=O) groups excluding carboxylic acids is 3. The van der Waals surface area contributed by atoms with Gasteiger partial charge in [0.25, 0.3) is 5.91 Å². The Labute approximate surface area is 187 Å². The van der Waals surface area contributed by atoms with E-state index in [9.17, 15) is 28.7 Å². The minimum atomic E-state index is -2.21.